The van der Waals surface area contributed by atoms with Crippen LogP contribution >= 0.6 is 0 Å². The van der Waals surface area contributed by atoms with E-state index < -0.39 is 12.1 Å². The summed E-state index contributed by atoms with van der Waals surface area (Å²) in [6, 6.07) is 7.84. The van der Waals surface area contributed by atoms with Crippen molar-refractivity contribution < 1.29 is 15.0 Å². The molecule has 0 heterocycles. The predicted octanol–water partition coefficient (Wildman–Crippen LogP) is 2.06. The number of anilines is 1. The van der Waals surface area contributed by atoms with Crippen LogP contribution < -0.4 is 5.32 Å². The molecule has 0 amide bonds. The van der Waals surface area contributed by atoms with Crippen molar-refractivity contribution in [3.05, 3.63) is 29.8 Å². The lowest BCUT2D eigenvalue weighted by Crippen LogP contribution is -2.23. The molecule has 3 N–H and O–H groups in total. The van der Waals surface area contributed by atoms with Crippen molar-refractivity contribution in [3.63, 3.8) is 0 Å². The fourth-order valence-corrected chi connectivity index (χ4v) is 1.66. The van der Waals surface area contributed by atoms with Crippen LogP contribution in [0.5, 0.6) is 0 Å². The van der Waals surface area contributed by atoms with Gasteiger partial charge in [0.2, 0.25) is 0 Å². The number of benzene rings is 1. The van der Waals surface area contributed by atoms with Crippen LogP contribution in [0.4, 0.5) is 5.69 Å². The number of carboxylic acids is 1. The maximum atomic E-state index is 10.4. The van der Waals surface area contributed by atoms with Crippen LogP contribution in [0.3, 0.4) is 0 Å². The standard InChI is InChI=1S/C13H19NO3/c1-9(2)11-5-3-4-6-12(11)14-8-10(15)7-13(16)17/h3-6,9-10,14-15H,7-8H2,1-2H3,(H,16,17). The molecule has 4 heteroatoms. The zero-order valence-corrected chi connectivity index (χ0v) is 10.2. The number of aliphatic hydroxyl groups excluding tert-OH is 1. The van der Waals surface area contributed by atoms with Gasteiger partial charge in [0.15, 0.2) is 0 Å². The lowest BCUT2D eigenvalue weighted by Gasteiger charge is -2.16. The number of hydrogen-bond acceptors (Lipinski definition) is 3. The first-order chi connectivity index (χ1) is 8.00. The molecule has 1 rings (SSSR count). The highest BCUT2D eigenvalue weighted by Gasteiger charge is 2.10. The summed E-state index contributed by atoms with van der Waals surface area (Å²) in [7, 11) is 0. The van der Waals surface area contributed by atoms with Crippen LogP contribution in [0, 0.1) is 0 Å². The second kappa shape index (κ2) is 6.25. The molecule has 94 valence electrons. The molecule has 0 radical (unpaired) electrons. The first-order valence-electron chi connectivity index (χ1n) is 5.73. The summed E-state index contributed by atoms with van der Waals surface area (Å²) >= 11 is 0. The van der Waals surface area contributed by atoms with Crippen molar-refractivity contribution in [1.29, 1.82) is 0 Å². The van der Waals surface area contributed by atoms with Crippen molar-refractivity contribution in [2.24, 2.45) is 0 Å². The summed E-state index contributed by atoms with van der Waals surface area (Å²) in [5.74, 6) is -0.605. The van der Waals surface area contributed by atoms with E-state index in [0.717, 1.165) is 11.3 Å². The van der Waals surface area contributed by atoms with E-state index >= 15 is 0 Å². The Morgan fingerprint density at radius 3 is 2.59 bits per heavy atom. The number of nitrogens with one attached hydrogen (secondary N) is 1. The van der Waals surface area contributed by atoms with Gasteiger partial charge in [-0.05, 0) is 17.5 Å². The van der Waals surface area contributed by atoms with Crippen LogP contribution in [-0.4, -0.2) is 28.8 Å². The van der Waals surface area contributed by atoms with E-state index in [1.807, 2.05) is 24.3 Å². The molecule has 0 saturated carbocycles. The zero-order valence-electron chi connectivity index (χ0n) is 10.2. The van der Waals surface area contributed by atoms with Crippen LogP contribution in [0.25, 0.3) is 0 Å². The van der Waals surface area contributed by atoms with Gasteiger partial charge in [-0.2, -0.15) is 0 Å². The van der Waals surface area contributed by atoms with Gasteiger partial charge in [-0.1, -0.05) is 32.0 Å². The third-order valence-electron chi connectivity index (χ3n) is 2.52. The third-order valence-corrected chi connectivity index (χ3v) is 2.52. The highest BCUT2D eigenvalue weighted by Crippen LogP contribution is 2.23. The van der Waals surface area contributed by atoms with Crippen molar-refractivity contribution in [1.82, 2.24) is 0 Å². The molecule has 0 aliphatic rings. The number of carbonyl (C=O) groups is 1. The first-order valence-corrected chi connectivity index (χ1v) is 5.73. The number of aliphatic hydroxyl groups is 1. The molecule has 4 nitrogen and oxygen atoms in total. The van der Waals surface area contributed by atoms with Gasteiger partial charge in [-0.3, -0.25) is 4.79 Å². The molecule has 0 aliphatic carbocycles. The summed E-state index contributed by atoms with van der Waals surface area (Å²) in [6.45, 7) is 4.43. The van der Waals surface area contributed by atoms with Gasteiger partial charge in [-0.25, -0.2) is 0 Å². The van der Waals surface area contributed by atoms with Crippen molar-refractivity contribution in [2.45, 2.75) is 32.3 Å². The second-order valence-electron chi connectivity index (χ2n) is 4.37. The molecule has 17 heavy (non-hydrogen) atoms. The lowest BCUT2D eigenvalue weighted by atomic mass is 10.0. The Hall–Kier alpha value is -1.55. The van der Waals surface area contributed by atoms with Gasteiger partial charge in [0.05, 0.1) is 12.5 Å². The highest BCUT2D eigenvalue weighted by molar-refractivity contribution is 5.67. The predicted molar refractivity (Wildman–Crippen MR) is 67.3 cm³/mol. The van der Waals surface area contributed by atoms with Gasteiger partial charge in [0, 0.05) is 12.2 Å². The highest BCUT2D eigenvalue weighted by atomic mass is 16.4. The zero-order chi connectivity index (χ0) is 12.8. The SMILES string of the molecule is CC(C)c1ccccc1NCC(O)CC(=O)O. The summed E-state index contributed by atoms with van der Waals surface area (Å²) in [6.07, 6.45) is -1.11. The molecule has 1 aromatic carbocycles. The van der Waals surface area contributed by atoms with Gasteiger partial charge < -0.3 is 15.5 Å². The van der Waals surface area contributed by atoms with E-state index in [1.54, 1.807) is 0 Å². The molecule has 0 aliphatic heterocycles. The van der Waals surface area contributed by atoms with E-state index in [-0.39, 0.29) is 13.0 Å². The summed E-state index contributed by atoms with van der Waals surface area (Å²) in [5.41, 5.74) is 2.11. The maximum absolute atomic E-state index is 10.4. The Bertz CT molecular complexity index is 377. The van der Waals surface area contributed by atoms with Crippen LogP contribution in [0.2, 0.25) is 0 Å². The van der Waals surface area contributed by atoms with E-state index in [9.17, 15) is 9.90 Å². The monoisotopic (exact) mass is 237 g/mol. The Balaban J connectivity index is 2.60. The van der Waals surface area contributed by atoms with Crippen molar-refractivity contribution >= 4 is 11.7 Å². The topological polar surface area (TPSA) is 69.6 Å². The smallest absolute Gasteiger partial charge is 0.306 e. The Kier molecular flexibility index (Phi) is 4.97. The Labute approximate surface area is 101 Å². The molecule has 0 fully saturated rings. The second-order valence-corrected chi connectivity index (χ2v) is 4.37. The van der Waals surface area contributed by atoms with Crippen molar-refractivity contribution in [3.8, 4) is 0 Å². The normalized spacial score (nSPS) is 12.5. The minimum absolute atomic E-state index is 0.239. The van der Waals surface area contributed by atoms with Crippen LogP contribution in [-0.2, 0) is 4.79 Å². The Morgan fingerprint density at radius 2 is 2.00 bits per heavy atom. The van der Waals surface area contributed by atoms with Gasteiger partial charge in [-0.15, -0.1) is 0 Å². The minimum atomic E-state index is -0.989. The fraction of sp³-hybridized carbons (Fsp3) is 0.462. The molecule has 0 bridgehead atoms. The number of rotatable bonds is 6. The summed E-state index contributed by atoms with van der Waals surface area (Å²) < 4.78 is 0. The van der Waals surface area contributed by atoms with Crippen molar-refractivity contribution in [2.75, 3.05) is 11.9 Å². The molecule has 0 spiro atoms. The number of aliphatic carboxylic acids is 1. The summed E-state index contributed by atoms with van der Waals surface area (Å²) in [5, 5.41) is 21.1. The largest absolute Gasteiger partial charge is 0.481 e. The number of carboxylic acid groups (broad SMARTS) is 1. The average Bonchev–Trinajstić information content (AvgIpc) is 2.25. The molecule has 1 aromatic rings. The molecule has 0 aromatic heterocycles. The average molecular weight is 237 g/mol. The molecule has 1 unspecified atom stereocenters. The van der Waals surface area contributed by atoms with Gasteiger partial charge in [0.1, 0.15) is 0 Å². The van der Waals surface area contributed by atoms with E-state index in [2.05, 4.69) is 19.2 Å². The Morgan fingerprint density at radius 1 is 1.35 bits per heavy atom. The van der Waals surface area contributed by atoms with Gasteiger partial charge >= 0.3 is 5.97 Å². The maximum Gasteiger partial charge on any atom is 0.306 e. The first kappa shape index (κ1) is 13.5. The quantitative estimate of drug-likeness (QED) is 0.708. The fourth-order valence-electron chi connectivity index (χ4n) is 1.66. The number of para-hydroxylation sites is 1. The van der Waals surface area contributed by atoms with E-state index in [4.69, 9.17) is 5.11 Å². The van der Waals surface area contributed by atoms with E-state index in [1.165, 1.54) is 0 Å². The van der Waals surface area contributed by atoms with E-state index in [0.29, 0.717) is 5.92 Å². The molecular weight excluding hydrogens is 218 g/mol. The molecule has 0 saturated heterocycles. The van der Waals surface area contributed by atoms with Gasteiger partial charge in [0.25, 0.3) is 0 Å². The summed E-state index contributed by atoms with van der Waals surface area (Å²) in [4.78, 5) is 10.4. The minimum Gasteiger partial charge on any atom is -0.481 e. The number of hydrogen-bond donors (Lipinski definition) is 3. The van der Waals surface area contributed by atoms with Crippen LogP contribution in [0.1, 0.15) is 31.7 Å². The third kappa shape index (κ3) is 4.44. The lowest BCUT2D eigenvalue weighted by molar-refractivity contribution is -0.138. The molecular formula is C13H19NO3. The van der Waals surface area contributed by atoms with Crippen LogP contribution in [0.15, 0.2) is 24.3 Å². The molecule has 1 atom stereocenters.